The second-order valence-electron chi connectivity index (χ2n) is 6.54. The number of carbonyl (C=O) groups is 1. The minimum atomic E-state index is -3.44. The van der Waals surface area contributed by atoms with E-state index in [9.17, 15) is 13.2 Å². The van der Waals surface area contributed by atoms with Gasteiger partial charge in [-0.3, -0.25) is 4.79 Å². The molecule has 0 saturated carbocycles. The average Bonchev–Trinajstić information content (AvgIpc) is 3.12. The molecule has 1 aliphatic heterocycles. The van der Waals surface area contributed by atoms with Crippen LogP contribution >= 0.6 is 11.3 Å². The summed E-state index contributed by atoms with van der Waals surface area (Å²) in [7, 11) is -3.44. The van der Waals surface area contributed by atoms with E-state index >= 15 is 0 Å². The van der Waals surface area contributed by atoms with Gasteiger partial charge in [0.25, 0.3) is 5.91 Å². The molecular weight excluding hydrogens is 386 g/mol. The number of carbonyl (C=O) groups excluding carboxylic acids is 1. The SMILES string of the molecule is CC1CN(S(=O)(=O)CCNC(=O)c2cnc(-c3ccccc3)s2)CC(C)O1. The lowest BCUT2D eigenvalue weighted by Crippen LogP contribution is -2.49. The Kier molecular flexibility index (Phi) is 6.25. The Morgan fingerprint density at radius 1 is 1.26 bits per heavy atom. The number of morpholine rings is 1. The Balaban J connectivity index is 1.54. The van der Waals surface area contributed by atoms with E-state index in [1.54, 1.807) is 0 Å². The zero-order chi connectivity index (χ0) is 19.4. The summed E-state index contributed by atoms with van der Waals surface area (Å²) in [6.07, 6.45) is 1.25. The van der Waals surface area contributed by atoms with Crippen LogP contribution in [-0.2, 0) is 14.8 Å². The molecule has 2 heterocycles. The number of ether oxygens (including phenoxy) is 1. The lowest BCUT2D eigenvalue weighted by Gasteiger charge is -2.34. The monoisotopic (exact) mass is 409 g/mol. The van der Waals surface area contributed by atoms with Gasteiger partial charge in [0, 0.05) is 25.2 Å². The fraction of sp³-hybridized carbons (Fsp3) is 0.444. The highest BCUT2D eigenvalue weighted by atomic mass is 32.2. The number of hydrogen-bond donors (Lipinski definition) is 1. The van der Waals surface area contributed by atoms with Gasteiger partial charge < -0.3 is 10.1 Å². The quantitative estimate of drug-likeness (QED) is 0.788. The fourth-order valence-electron chi connectivity index (χ4n) is 2.96. The molecule has 1 aliphatic rings. The third kappa shape index (κ3) is 5.13. The van der Waals surface area contributed by atoms with Crippen molar-refractivity contribution in [2.24, 2.45) is 0 Å². The second kappa shape index (κ2) is 8.47. The topological polar surface area (TPSA) is 88.6 Å². The molecule has 0 spiro atoms. The van der Waals surface area contributed by atoms with Crippen LogP contribution in [0.4, 0.5) is 0 Å². The minimum Gasteiger partial charge on any atom is -0.373 e. The van der Waals surface area contributed by atoms with Gasteiger partial charge in [0.1, 0.15) is 9.88 Å². The summed E-state index contributed by atoms with van der Waals surface area (Å²) in [5.74, 6) is -0.448. The maximum Gasteiger partial charge on any atom is 0.263 e. The smallest absolute Gasteiger partial charge is 0.263 e. The van der Waals surface area contributed by atoms with Crippen LogP contribution in [0.3, 0.4) is 0 Å². The number of amides is 1. The van der Waals surface area contributed by atoms with Gasteiger partial charge >= 0.3 is 0 Å². The number of aromatic nitrogens is 1. The second-order valence-corrected chi connectivity index (χ2v) is 9.66. The highest BCUT2D eigenvalue weighted by Crippen LogP contribution is 2.24. The Labute approximate surface area is 163 Å². The van der Waals surface area contributed by atoms with E-state index in [0.29, 0.717) is 18.0 Å². The van der Waals surface area contributed by atoms with E-state index in [-0.39, 0.29) is 30.4 Å². The first kappa shape index (κ1) is 19.9. The summed E-state index contributed by atoms with van der Waals surface area (Å²) < 4.78 is 32.0. The number of benzene rings is 1. The third-order valence-corrected chi connectivity index (χ3v) is 7.03. The maximum absolute atomic E-state index is 12.5. The predicted octanol–water partition coefficient (Wildman–Crippen LogP) is 1.98. The van der Waals surface area contributed by atoms with E-state index in [0.717, 1.165) is 10.6 Å². The third-order valence-electron chi connectivity index (χ3n) is 4.18. The molecule has 146 valence electrons. The number of nitrogens with one attached hydrogen (secondary N) is 1. The molecule has 1 fully saturated rings. The summed E-state index contributed by atoms with van der Waals surface area (Å²) in [4.78, 5) is 17.0. The lowest BCUT2D eigenvalue weighted by atomic mass is 10.2. The van der Waals surface area contributed by atoms with Gasteiger partial charge in [-0.25, -0.2) is 13.4 Å². The van der Waals surface area contributed by atoms with E-state index in [2.05, 4.69) is 10.3 Å². The van der Waals surface area contributed by atoms with Crippen molar-refractivity contribution in [1.29, 1.82) is 0 Å². The van der Waals surface area contributed by atoms with Crippen LogP contribution in [0.5, 0.6) is 0 Å². The maximum atomic E-state index is 12.5. The summed E-state index contributed by atoms with van der Waals surface area (Å²) in [6.45, 7) is 4.45. The molecule has 2 aromatic rings. The van der Waals surface area contributed by atoms with Gasteiger partial charge in [-0.1, -0.05) is 30.3 Å². The van der Waals surface area contributed by atoms with Crippen LogP contribution in [0.15, 0.2) is 36.5 Å². The first-order valence-corrected chi connectivity index (χ1v) is 11.2. The van der Waals surface area contributed by atoms with Gasteiger partial charge in [-0.05, 0) is 13.8 Å². The van der Waals surface area contributed by atoms with Crippen molar-refractivity contribution in [3.63, 3.8) is 0 Å². The van der Waals surface area contributed by atoms with Crippen molar-refractivity contribution < 1.29 is 17.9 Å². The van der Waals surface area contributed by atoms with Crippen LogP contribution in [-0.4, -0.2) is 61.2 Å². The molecule has 0 bridgehead atoms. The van der Waals surface area contributed by atoms with Gasteiger partial charge in [0.05, 0.1) is 24.2 Å². The van der Waals surface area contributed by atoms with Gasteiger partial charge in [-0.15, -0.1) is 11.3 Å². The highest BCUT2D eigenvalue weighted by molar-refractivity contribution is 7.89. The molecule has 9 heteroatoms. The molecule has 2 atom stereocenters. The van der Waals surface area contributed by atoms with Crippen molar-refractivity contribution in [3.05, 3.63) is 41.4 Å². The Morgan fingerprint density at radius 3 is 2.59 bits per heavy atom. The average molecular weight is 410 g/mol. The van der Waals surface area contributed by atoms with Crippen molar-refractivity contribution >= 4 is 27.3 Å². The predicted molar refractivity (Wildman–Crippen MR) is 105 cm³/mol. The van der Waals surface area contributed by atoms with Gasteiger partial charge in [-0.2, -0.15) is 4.31 Å². The molecule has 0 radical (unpaired) electrons. The van der Waals surface area contributed by atoms with E-state index < -0.39 is 10.0 Å². The first-order valence-electron chi connectivity index (χ1n) is 8.78. The Morgan fingerprint density at radius 2 is 1.93 bits per heavy atom. The number of nitrogens with zero attached hydrogens (tertiary/aromatic N) is 2. The summed E-state index contributed by atoms with van der Waals surface area (Å²) in [6, 6.07) is 9.60. The number of hydrogen-bond acceptors (Lipinski definition) is 6. The first-order chi connectivity index (χ1) is 12.8. The zero-order valence-corrected chi connectivity index (χ0v) is 16.9. The van der Waals surface area contributed by atoms with E-state index in [1.807, 2.05) is 44.2 Å². The van der Waals surface area contributed by atoms with Crippen LogP contribution < -0.4 is 5.32 Å². The Hall–Kier alpha value is -1.81. The normalized spacial score (nSPS) is 21.1. The summed E-state index contributed by atoms with van der Waals surface area (Å²) in [5.41, 5.74) is 0.944. The standard InChI is InChI=1S/C18H23N3O4S2/c1-13-11-21(12-14(2)25-13)27(23,24)9-8-19-17(22)16-10-20-18(26-16)15-6-4-3-5-7-15/h3-7,10,13-14H,8-9,11-12H2,1-2H3,(H,19,22). The van der Waals surface area contributed by atoms with Crippen molar-refractivity contribution in [2.75, 3.05) is 25.4 Å². The van der Waals surface area contributed by atoms with Crippen molar-refractivity contribution in [2.45, 2.75) is 26.1 Å². The molecule has 1 amide bonds. The number of rotatable bonds is 6. The summed E-state index contributed by atoms with van der Waals surface area (Å²) >= 11 is 1.28. The molecule has 0 aliphatic carbocycles. The molecule has 1 aromatic heterocycles. The van der Waals surface area contributed by atoms with E-state index in [4.69, 9.17) is 4.74 Å². The number of sulfonamides is 1. The number of thiazole rings is 1. The molecule has 1 aromatic carbocycles. The van der Waals surface area contributed by atoms with Gasteiger partial charge in [0.15, 0.2) is 0 Å². The molecule has 1 saturated heterocycles. The van der Waals surface area contributed by atoms with Crippen LogP contribution in [0.25, 0.3) is 10.6 Å². The fourth-order valence-corrected chi connectivity index (χ4v) is 5.29. The molecule has 2 unspecified atom stereocenters. The van der Waals surface area contributed by atoms with Crippen molar-refractivity contribution in [1.82, 2.24) is 14.6 Å². The molecule has 3 rings (SSSR count). The van der Waals surface area contributed by atoms with E-state index in [1.165, 1.54) is 21.8 Å². The van der Waals surface area contributed by atoms with Crippen LogP contribution in [0.1, 0.15) is 23.5 Å². The minimum absolute atomic E-state index is 0.0554. The summed E-state index contributed by atoms with van der Waals surface area (Å²) in [5, 5.41) is 3.43. The largest absolute Gasteiger partial charge is 0.373 e. The molecule has 7 nitrogen and oxygen atoms in total. The zero-order valence-electron chi connectivity index (χ0n) is 15.3. The van der Waals surface area contributed by atoms with Gasteiger partial charge in [0.2, 0.25) is 10.0 Å². The van der Waals surface area contributed by atoms with Crippen LogP contribution in [0, 0.1) is 0 Å². The van der Waals surface area contributed by atoms with Crippen molar-refractivity contribution in [3.8, 4) is 10.6 Å². The van der Waals surface area contributed by atoms with Crippen LogP contribution in [0.2, 0.25) is 0 Å². The molecule has 27 heavy (non-hydrogen) atoms. The highest BCUT2D eigenvalue weighted by Gasteiger charge is 2.30. The molecule has 1 N–H and O–H groups in total. The Bertz CT molecular complexity index is 873. The lowest BCUT2D eigenvalue weighted by molar-refractivity contribution is -0.0440. The molecular formula is C18H23N3O4S2.